The highest BCUT2D eigenvalue weighted by molar-refractivity contribution is 5.79. The number of hydrogen-bond acceptors (Lipinski definition) is 3. The van der Waals surface area contributed by atoms with Gasteiger partial charge in [0, 0.05) is 25.0 Å². The molecule has 0 spiro atoms. The van der Waals surface area contributed by atoms with Gasteiger partial charge in [-0.05, 0) is 30.5 Å². The molecule has 1 fully saturated rings. The van der Waals surface area contributed by atoms with E-state index < -0.39 is 0 Å². The molecule has 2 N–H and O–H groups in total. The van der Waals surface area contributed by atoms with E-state index in [2.05, 4.69) is 11.0 Å². The lowest BCUT2D eigenvalue weighted by molar-refractivity contribution is 0.483. The molecular formula is C13H15N3. The van der Waals surface area contributed by atoms with Gasteiger partial charge in [-0.15, -0.1) is 0 Å². The highest BCUT2D eigenvalue weighted by atomic mass is 15.1. The van der Waals surface area contributed by atoms with Crippen LogP contribution < -0.4 is 5.73 Å². The zero-order valence-electron chi connectivity index (χ0n) is 9.40. The van der Waals surface area contributed by atoms with E-state index in [0.717, 1.165) is 41.9 Å². The van der Waals surface area contributed by atoms with Gasteiger partial charge in [-0.1, -0.05) is 12.1 Å². The van der Waals surface area contributed by atoms with Gasteiger partial charge >= 0.3 is 0 Å². The molecule has 3 heteroatoms. The number of rotatable bonds is 1. The minimum atomic E-state index is 0.728. The van der Waals surface area contributed by atoms with Crippen molar-refractivity contribution in [2.24, 2.45) is 0 Å². The number of benzene rings is 1. The van der Waals surface area contributed by atoms with Crippen molar-refractivity contribution < 1.29 is 0 Å². The fraction of sp³-hybridized carbons (Fsp3) is 0.308. The van der Waals surface area contributed by atoms with Crippen molar-refractivity contribution in [2.45, 2.75) is 12.8 Å². The molecule has 0 atom stereocenters. The molecule has 0 amide bonds. The molecule has 16 heavy (non-hydrogen) atoms. The lowest BCUT2D eigenvalue weighted by Gasteiger charge is -2.14. The van der Waals surface area contributed by atoms with Crippen LogP contribution in [0.2, 0.25) is 0 Å². The Morgan fingerprint density at radius 2 is 2.06 bits per heavy atom. The monoisotopic (exact) mass is 213 g/mol. The van der Waals surface area contributed by atoms with Gasteiger partial charge in [-0.2, -0.15) is 5.26 Å². The van der Waals surface area contributed by atoms with Crippen LogP contribution in [0.15, 0.2) is 30.0 Å². The number of anilines is 1. The van der Waals surface area contributed by atoms with Crippen LogP contribution in [-0.2, 0) is 0 Å². The summed E-state index contributed by atoms with van der Waals surface area (Å²) in [4.78, 5) is 2.16. The molecule has 0 aromatic heterocycles. The van der Waals surface area contributed by atoms with Crippen LogP contribution in [0.3, 0.4) is 0 Å². The van der Waals surface area contributed by atoms with Gasteiger partial charge in [0.05, 0.1) is 5.57 Å². The maximum atomic E-state index is 9.26. The molecule has 1 saturated heterocycles. The third kappa shape index (κ3) is 1.87. The minimum Gasteiger partial charge on any atom is -0.399 e. The Hall–Kier alpha value is -1.95. The summed E-state index contributed by atoms with van der Waals surface area (Å²) < 4.78 is 0. The summed E-state index contributed by atoms with van der Waals surface area (Å²) in [5, 5.41) is 9.26. The van der Waals surface area contributed by atoms with E-state index in [4.69, 9.17) is 5.73 Å². The summed E-state index contributed by atoms with van der Waals surface area (Å²) in [6.45, 7) is 1.04. The Morgan fingerprint density at radius 1 is 1.38 bits per heavy atom. The standard InChI is InChI=1S/C13H15N3/c1-16-8-2-3-13(16)12(9-14)10-4-6-11(15)7-5-10/h4-7H,2-3,8,15H2,1H3/b13-12+. The van der Waals surface area contributed by atoms with Crippen LogP contribution in [0.1, 0.15) is 18.4 Å². The quantitative estimate of drug-likeness (QED) is 0.575. The third-order valence-corrected chi connectivity index (χ3v) is 2.97. The Kier molecular flexibility index (Phi) is 2.82. The molecule has 1 aromatic rings. The summed E-state index contributed by atoms with van der Waals surface area (Å²) in [6, 6.07) is 9.80. The molecular weight excluding hydrogens is 198 g/mol. The number of allylic oxidation sites excluding steroid dienone is 2. The maximum absolute atomic E-state index is 9.26. The first-order valence-electron chi connectivity index (χ1n) is 5.42. The van der Waals surface area contributed by atoms with Crippen molar-refractivity contribution in [3.05, 3.63) is 35.5 Å². The number of nitrogen functional groups attached to an aromatic ring is 1. The molecule has 1 aliphatic heterocycles. The van der Waals surface area contributed by atoms with Crippen molar-refractivity contribution >= 4 is 11.3 Å². The average molecular weight is 213 g/mol. The zero-order chi connectivity index (χ0) is 11.5. The van der Waals surface area contributed by atoms with Gasteiger partial charge in [-0.25, -0.2) is 0 Å². The summed E-state index contributed by atoms with van der Waals surface area (Å²) in [7, 11) is 2.04. The highest BCUT2D eigenvalue weighted by Crippen LogP contribution is 2.28. The van der Waals surface area contributed by atoms with Crippen LogP contribution in [0.5, 0.6) is 0 Å². The van der Waals surface area contributed by atoms with Crippen LogP contribution in [0.4, 0.5) is 5.69 Å². The predicted molar refractivity (Wildman–Crippen MR) is 65.3 cm³/mol. The molecule has 0 aliphatic carbocycles. The summed E-state index contributed by atoms with van der Waals surface area (Å²) in [5.74, 6) is 0. The van der Waals surface area contributed by atoms with Crippen LogP contribution in [0, 0.1) is 11.3 Å². The normalized spacial score (nSPS) is 18.4. The van der Waals surface area contributed by atoms with E-state index in [-0.39, 0.29) is 0 Å². The van der Waals surface area contributed by atoms with Crippen molar-refractivity contribution in [3.63, 3.8) is 0 Å². The molecule has 1 aromatic carbocycles. The van der Waals surface area contributed by atoms with Crippen molar-refractivity contribution in [1.82, 2.24) is 4.90 Å². The molecule has 2 rings (SSSR count). The molecule has 1 aliphatic rings. The van der Waals surface area contributed by atoms with Crippen molar-refractivity contribution in [1.29, 1.82) is 5.26 Å². The fourth-order valence-corrected chi connectivity index (χ4v) is 2.07. The summed E-state index contributed by atoms with van der Waals surface area (Å²) in [6.07, 6.45) is 2.12. The number of likely N-dealkylation sites (tertiary alicyclic amines) is 1. The van der Waals surface area contributed by atoms with Gasteiger partial charge in [0.1, 0.15) is 6.07 Å². The zero-order valence-corrected chi connectivity index (χ0v) is 9.40. The number of nitrogens with two attached hydrogens (primary N) is 1. The number of nitrogens with zero attached hydrogens (tertiary/aromatic N) is 2. The van der Waals surface area contributed by atoms with Crippen LogP contribution in [-0.4, -0.2) is 18.5 Å². The van der Waals surface area contributed by atoms with E-state index in [9.17, 15) is 5.26 Å². The molecule has 0 bridgehead atoms. The van der Waals surface area contributed by atoms with E-state index >= 15 is 0 Å². The average Bonchev–Trinajstić information content (AvgIpc) is 2.69. The SMILES string of the molecule is CN1CCC/C1=C(/C#N)c1ccc(N)cc1. The molecule has 82 valence electrons. The third-order valence-electron chi connectivity index (χ3n) is 2.97. The number of nitriles is 1. The van der Waals surface area contributed by atoms with E-state index in [0.29, 0.717) is 0 Å². The topological polar surface area (TPSA) is 53.0 Å². The molecule has 0 radical (unpaired) electrons. The molecule has 0 unspecified atom stereocenters. The second-order valence-corrected chi connectivity index (χ2v) is 4.08. The van der Waals surface area contributed by atoms with Crippen LogP contribution >= 0.6 is 0 Å². The molecule has 0 saturated carbocycles. The first-order valence-corrected chi connectivity index (χ1v) is 5.42. The molecule has 1 heterocycles. The highest BCUT2D eigenvalue weighted by Gasteiger charge is 2.18. The second-order valence-electron chi connectivity index (χ2n) is 4.08. The lowest BCUT2D eigenvalue weighted by Crippen LogP contribution is -2.11. The van der Waals surface area contributed by atoms with Gasteiger partial charge in [0.25, 0.3) is 0 Å². The predicted octanol–water partition coefficient (Wildman–Crippen LogP) is 2.23. The first-order chi connectivity index (χ1) is 7.72. The van der Waals surface area contributed by atoms with Crippen LogP contribution in [0.25, 0.3) is 5.57 Å². The van der Waals surface area contributed by atoms with E-state index in [1.54, 1.807) is 0 Å². The van der Waals surface area contributed by atoms with Crippen molar-refractivity contribution in [2.75, 3.05) is 19.3 Å². The van der Waals surface area contributed by atoms with Crippen molar-refractivity contribution in [3.8, 4) is 6.07 Å². The number of hydrogen-bond donors (Lipinski definition) is 1. The first kappa shape index (κ1) is 10.6. The summed E-state index contributed by atoms with van der Waals surface area (Å²) >= 11 is 0. The Labute approximate surface area is 95.8 Å². The summed E-state index contributed by atoms with van der Waals surface area (Å²) in [5.41, 5.74) is 9.25. The van der Waals surface area contributed by atoms with Gasteiger partial charge in [-0.3, -0.25) is 0 Å². The largest absolute Gasteiger partial charge is 0.399 e. The lowest BCUT2D eigenvalue weighted by atomic mass is 10.0. The van der Waals surface area contributed by atoms with E-state index in [1.807, 2.05) is 31.3 Å². The smallest absolute Gasteiger partial charge is 0.102 e. The maximum Gasteiger partial charge on any atom is 0.102 e. The van der Waals surface area contributed by atoms with Gasteiger partial charge in [0.2, 0.25) is 0 Å². The fourth-order valence-electron chi connectivity index (χ4n) is 2.07. The Bertz CT molecular complexity index is 451. The van der Waals surface area contributed by atoms with Gasteiger partial charge in [0.15, 0.2) is 0 Å². The van der Waals surface area contributed by atoms with E-state index in [1.165, 1.54) is 0 Å². The van der Waals surface area contributed by atoms with Gasteiger partial charge < -0.3 is 10.6 Å². The minimum absolute atomic E-state index is 0.728. The Balaban J connectivity index is 2.44. The Morgan fingerprint density at radius 3 is 2.56 bits per heavy atom. The molecule has 3 nitrogen and oxygen atoms in total. The second kappa shape index (κ2) is 4.28.